The Morgan fingerprint density at radius 3 is 2.10 bits per heavy atom. The molecule has 6 nitrogen and oxygen atoms in total. The first-order chi connectivity index (χ1) is 14.3. The summed E-state index contributed by atoms with van der Waals surface area (Å²) in [6, 6.07) is 11.8. The van der Waals surface area contributed by atoms with Gasteiger partial charge in [-0.1, -0.05) is 36.4 Å². The second-order valence-corrected chi connectivity index (χ2v) is 7.81. The zero-order valence-electron chi connectivity index (χ0n) is 16.0. The molecule has 0 aromatic heterocycles. The molecule has 2 aliphatic rings. The fourth-order valence-electron chi connectivity index (χ4n) is 4.37. The molecular formula is C22H21F2NO5. The van der Waals surface area contributed by atoms with Gasteiger partial charge in [0, 0.05) is 29.4 Å². The number of hydrogen-bond acceptors (Lipinski definition) is 6. The smallest absolute Gasteiger partial charge is 0.326 e. The van der Waals surface area contributed by atoms with E-state index in [0.717, 1.165) is 0 Å². The maximum Gasteiger partial charge on any atom is 0.326 e. The number of halogens is 2. The lowest BCUT2D eigenvalue weighted by Crippen LogP contribution is -2.51. The molecule has 2 aromatic carbocycles. The van der Waals surface area contributed by atoms with Gasteiger partial charge in [0.15, 0.2) is 0 Å². The SMILES string of the molecule is N[C@@]1(C(=O)OCc2ccccc2F)C[C@H](O)[C@H]2[C@H](C(=O)OCc3ccccc3F)[C@H]21. The first-order valence-corrected chi connectivity index (χ1v) is 9.60. The number of rotatable bonds is 6. The Balaban J connectivity index is 1.39. The molecule has 0 saturated heterocycles. The molecule has 0 bridgehead atoms. The third kappa shape index (κ3) is 3.57. The quantitative estimate of drug-likeness (QED) is 0.699. The van der Waals surface area contributed by atoms with Crippen molar-refractivity contribution >= 4 is 11.9 Å². The number of aliphatic hydroxyl groups is 1. The van der Waals surface area contributed by atoms with Crippen LogP contribution in [0.3, 0.4) is 0 Å². The fourth-order valence-corrected chi connectivity index (χ4v) is 4.37. The predicted octanol–water partition coefficient (Wildman–Crippen LogP) is 2.08. The molecule has 5 atom stereocenters. The predicted molar refractivity (Wildman–Crippen MR) is 100 cm³/mol. The number of fused-ring (bicyclic) bond motifs is 1. The summed E-state index contributed by atoms with van der Waals surface area (Å²) in [4.78, 5) is 25.1. The first-order valence-electron chi connectivity index (χ1n) is 9.60. The van der Waals surface area contributed by atoms with Crippen molar-refractivity contribution in [2.24, 2.45) is 23.5 Å². The lowest BCUT2D eigenvalue weighted by atomic mass is 9.91. The molecule has 0 aliphatic heterocycles. The van der Waals surface area contributed by atoms with Crippen LogP contribution in [0.4, 0.5) is 8.78 Å². The maximum absolute atomic E-state index is 13.7. The van der Waals surface area contributed by atoms with E-state index >= 15 is 0 Å². The van der Waals surface area contributed by atoms with Crippen molar-refractivity contribution in [3.05, 3.63) is 71.3 Å². The van der Waals surface area contributed by atoms with E-state index in [1.54, 1.807) is 12.1 Å². The molecule has 8 heteroatoms. The molecule has 0 spiro atoms. The van der Waals surface area contributed by atoms with Crippen molar-refractivity contribution in [3.8, 4) is 0 Å². The van der Waals surface area contributed by atoms with E-state index in [0.29, 0.717) is 0 Å². The van der Waals surface area contributed by atoms with Crippen LogP contribution in [-0.2, 0) is 32.3 Å². The maximum atomic E-state index is 13.7. The zero-order valence-corrected chi connectivity index (χ0v) is 16.0. The number of aliphatic hydroxyl groups excluding tert-OH is 1. The molecule has 2 saturated carbocycles. The molecule has 2 fully saturated rings. The van der Waals surface area contributed by atoms with Gasteiger partial charge in [0.25, 0.3) is 0 Å². The summed E-state index contributed by atoms with van der Waals surface area (Å²) in [5, 5.41) is 10.3. The second-order valence-electron chi connectivity index (χ2n) is 7.81. The molecule has 0 amide bonds. The number of ether oxygens (including phenoxy) is 2. The molecule has 0 heterocycles. The van der Waals surface area contributed by atoms with Gasteiger partial charge in [-0.05, 0) is 12.1 Å². The highest BCUT2D eigenvalue weighted by atomic mass is 19.1. The van der Waals surface area contributed by atoms with Crippen molar-refractivity contribution < 1.29 is 33.0 Å². The second kappa shape index (κ2) is 7.77. The Morgan fingerprint density at radius 2 is 1.53 bits per heavy atom. The fraction of sp³-hybridized carbons (Fsp3) is 0.364. The van der Waals surface area contributed by atoms with Crippen LogP contribution in [0.1, 0.15) is 17.5 Å². The van der Waals surface area contributed by atoms with Crippen LogP contribution in [0.15, 0.2) is 48.5 Å². The van der Waals surface area contributed by atoms with E-state index in [2.05, 4.69) is 0 Å². The summed E-state index contributed by atoms with van der Waals surface area (Å²) < 4.78 is 37.8. The van der Waals surface area contributed by atoms with Crippen molar-refractivity contribution in [1.82, 2.24) is 0 Å². The zero-order chi connectivity index (χ0) is 21.5. The average molecular weight is 417 g/mol. The summed E-state index contributed by atoms with van der Waals surface area (Å²) in [5.41, 5.74) is 5.09. The van der Waals surface area contributed by atoms with Crippen LogP contribution in [-0.4, -0.2) is 28.7 Å². The minimum Gasteiger partial charge on any atom is -0.460 e. The van der Waals surface area contributed by atoms with E-state index in [1.165, 1.54) is 36.4 Å². The van der Waals surface area contributed by atoms with Gasteiger partial charge in [0.05, 0.1) is 12.0 Å². The van der Waals surface area contributed by atoms with Gasteiger partial charge in [-0.2, -0.15) is 0 Å². The number of benzene rings is 2. The van der Waals surface area contributed by atoms with E-state index < -0.39 is 53.0 Å². The highest BCUT2D eigenvalue weighted by Gasteiger charge is 2.74. The van der Waals surface area contributed by atoms with Gasteiger partial charge >= 0.3 is 11.9 Å². The lowest BCUT2D eigenvalue weighted by Gasteiger charge is -2.26. The first kappa shape index (κ1) is 20.4. The summed E-state index contributed by atoms with van der Waals surface area (Å²) in [7, 11) is 0. The third-order valence-electron chi connectivity index (χ3n) is 5.96. The van der Waals surface area contributed by atoms with Crippen molar-refractivity contribution in [1.29, 1.82) is 0 Å². The van der Waals surface area contributed by atoms with Gasteiger partial charge in [-0.25, -0.2) is 8.78 Å². The molecule has 3 N–H and O–H groups in total. The monoisotopic (exact) mass is 417 g/mol. The minimum absolute atomic E-state index is 0.0600. The van der Waals surface area contributed by atoms with Crippen molar-refractivity contribution in [2.45, 2.75) is 31.3 Å². The molecule has 0 radical (unpaired) electrons. The number of nitrogens with two attached hydrogens (primary N) is 1. The minimum atomic E-state index is -1.57. The van der Waals surface area contributed by atoms with Crippen LogP contribution < -0.4 is 5.73 Å². The van der Waals surface area contributed by atoms with Gasteiger partial charge < -0.3 is 20.3 Å². The van der Waals surface area contributed by atoms with Gasteiger partial charge in [-0.15, -0.1) is 0 Å². The van der Waals surface area contributed by atoms with E-state index in [1.807, 2.05) is 0 Å². The number of carbonyl (C=O) groups excluding carboxylic acids is 2. The van der Waals surface area contributed by atoms with E-state index in [9.17, 15) is 23.5 Å². The topological polar surface area (TPSA) is 98.9 Å². The van der Waals surface area contributed by atoms with Crippen LogP contribution >= 0.6 is 0 Å². The average Bonchev–Trinajstić information content (AvgIpc) is 3.43. The molecular weight excluding hydrogens is 396 g/mol. The molecule has 2 aliphatic carbocycles. The van der Waals surface area contributed by atoms with Crippen LogP contribution in [0.25, 0.3) is 0 Å². The molecule has 2 aromatic rings. The highest BCUT2D eigenvalue weighted by Crippen LogP contribution is 2.62. The van der Waals surface area contributed by atoms with Gasteiger partial charge in [0.1, 0.15) is 30.4 Å². The van der Waals surface area contributed by atoms with Crippen LogP contribution in [0.2, 0.25) is 0 Å². The Bertz CT molecular complexity index is 984. The summed E-state index contributed by atoms with van der Waals surface area (Å²) in [5.74, 6) is -4.40. The Morgan fingerprint density at radius 1 is 1.00 bits per heavy atom. The van der Waals surface area contributed by atoms with Gasteiger partial charge in [-0.3, -0.25) is 9.59 Å². The third-order valence-corrected chi connectivity index (χ3v) is 5.96. The largest absolute Gasteiger partial charge is 0.460 e. The molecule has 30 heavy (non-hydrogen) atoms. The normalized spacial score (nSPS) is 29.2. The number of carbonyl (C=O) groups is 2. The summed E-state index contributed by atoms with van der Waals surface area (Å²) >= 11 is 0. The lowest BCUT2D eigenvalue weighted by molar-refractivity contribution is -0.154. The van der Waals surface area contributed by atoms with Crippen molar-refractivity contribution in [2.75, 3.05) is 0 Å². The number of hydrogen-bond donors (Lipinski definition) is 2. The summed E-state index contributed by atoms with van der Waals surface area (Å²) in [6.45, 7) is -0.562. The van der Waals surface area contributed by atoms with E-state index in [-0.39, 0.29) is 30.8 Å². The Hall–Kier alpha value is -2.84. The molecule has 158 valence electrons. The Kier molecular flexibility index (Phi) is 5.29. The Labute approximate surface area is 171 Å². The van der Waals surface area contributed by atoms with Crippen molar-refractivity contribution in [3.63, 3.8) is 0 Å². The standard InChI is InChI=1S/C22H21F2NO5/c23-14-7-3-1-5-12(14)10-29-20(27)18-17-16(26)9-22(25,19(17)18)21(28)30-11-13-6-2-4-8-15(13)24/h1-8,16-19,26H,9-11,25H2/t16-,17-,18-,19-,22-/m0/s1. The molecule has 0 unspecified atom stereocenters. The molecule has 4 rings (SSSR count). The number of esters is 2. The van der Waals surface area contributed by atoms with E-state index in [4.69, 9.17) is 15.2 Å². The van der Waals surface area contributed by atoms with Crippen LogP contribution in [0.5, 0.6) is 0 Å². The summed E-state index contributed by atoms with van der Waals surface area (Å²) in [6.07, 6.45) is -1.03. The highest BCUT2D eigenvalue weighted by molar-refractivity contribution is 5.87. The van der Waals surface area contributed by atoms with Gasteiger partial charge in [0.2, 0.25) is 0 Å². The van der Waals surface area contributed by atoms with Crippen LogP contribution in [0, 0.1) is 29.4 Å².